The van der Waals surface area contributed by atoms with Gasteiger partial charge in [-0.3, -0.25) is 9.69 Å². The van der Waals surface area contributed by atoms with E-state index >= 15 is 0 Å². The van der Waals surface area contributed by atoms with E-state index in [2.05, 4.69) is 20.1 Å². The van der Waals surface area contributed by atoms with Gasteiger partial charge in [-0.1, -0.05) is 0 Å². The number of fused-ring (bicyclic) bond motifs is 1. The topological polar surface area (TPSA) is 66.8 Å². The SMILES string of the molecule is Cn1cnnc1CC1CCN(Cc2cc3ccc(F)cc3[nH]c2=O)CC1. The molecule has 0 radical (unpaired) electrons. The van der Waals surface area contributed by atoms with Gasteiger partial charge < -0.3 is 9.55 Å². The first kappa shape index (κ1) is 16.9. The Balaban J connectivity index is 1.40. The summed E-state index contributed by atoms with van der Waals surface area (Å²) in [5.41, 5.74) is 1.14. The molecule has 3 aromatic rings. The molecule has 1 saturated heterocycles. The van der Waals surface area contributed by atoms with Crippen LogP contribution in [0.4, 0.5) is 4.39 Å². The van der Waals surface area contributed by atoms with Crippen molar-refractivity contribution >= 4 is 10.9 Å². The van der Waals surface area contributed by atoms with Gasteiger partial charge in [0.1, 0.15) is 18.0 Å². The highest BCUT2D eigenvalue weighted by molar-refractivity contribution is 5.78. The zero-order valence-electron chi connectivity index (χ0n) is 14.8. The molecule has 0 unspecified atom stereocenters. The fourth-order valence-corrected chi connectivity index (χ4v) is 3.68. The number of hydrogen-bond donors (Lipinski definition) is 1. The van der Waals surface area contributed by atoms with Crippen LogP contribution in [0.5, 0.6) is 0 Å². The maximum atomic E-state index is 13.3. The minimum atomic E-state index is -0.342. The maximum Gasteiger partial charge on any atom is 0.252 e. The number of aromatic nitrogens is 4. The molecule has 0 atom stereocenters. The monoisotopic (exact) mass is 355 g/mol. The van der Waals surface area contributed by atoms with Crippen LogP contribution < -0.4 is 5.56 Å². The van der Waals surface area contributed by atoms with Gasteiger partial charge in [0.15, 0.2) is 0 Å². The molecule has 4 rings (SSSR count). The van der Waals surface area contributed by atoms with Crippen molar-refractivity contribution in [3.8, 4) is 0 Å². The van der Waals surface area contributed by atoms with Gasteiger partial charge in [-0.15, -0.1) is 10.2 Å². The van der Waals surface area contributed by atoms with Crippen LogP contribution in [0.1, 0.15) is 24.2 Å². The van der Waals surface area contributed by atoms with Crippen molar-refractivity contribution in [1.82, 2.24) is 24.6 Å². The van der Waals surface area contributed by atoms with E-state index in [-0.39, 0.29) is 11.4 Å². The van der Waals surface area contributed by atoms with E-state index in [0.717, 1.165) is 49.1 Å². The lowest BCUT2D eigenvalue weighted by Gasteiger charge is -2.31. The second-order valence-corrected chi connectivity index (χ2v) is 7.14. The molecule has 26 heavy (non-hydrogen) atoms. The zero-order valence-corrected chi connectivity index (χ0v) is 14.8. The molecule has 7 heteroatoms. The maximum absolute atomic E-state index is 13.3. The molecule has 0 saturated carbocycles. The number of piperidine rings is 1. The molecule has 1 aliphatic heterocycles. The summed E-state index contributed by atoms with van der Waals surface area (Å²) in [4.78, 5) is 17.4. The first-order chi connectivity index (χ1) is 12.6. The summed E-state index contributed by atoms with van der Waals surface area (Å²) < 4.78 is 15.3. The standard InChI is InChI=1S/C19H22FN5O/c1-24-12-21-23-18(24)8-13-4-6-25(7-5-13)11-15-9-14-2-3-16(20)10-17(14)22-19(15)26/h2-3,9-10,12-13H,4-8,11H2,1H3,(H,22,26). The van der Waals surface area contributed by atoms with E-state index < -0.39 is 0 Å². The number of aromatic amines is 1. The smallest absolute Gasteiger partial charge is 0.252 e. The average Bonchev–Trinajstić information content (AvgIpc) is 3.02. The van der Waals surface area contributed by atoms with Gasteiger partial charge in [-0.2, -0.15) is 0 Å². The van der Waals surface area contributed by atoms with Crippen LogP contribution in [-0.2, 0) is 20.0 Å². The highest BCUT2D eigenvalue weighted by Crippen LogP contribution is 2.22. The second-order valence-electron chi connectivity index (χ2n) is 7.14. The van der Waals surface area contributed by atoms with Gasteiger partial charge in [0.2, 0.25) is 0 Å². The number of aryl methyl sites for hydroxylation is 1. The summed E-state index contributed by atoms with van der Waals surface area (Å²) >= 11 is 0. The fraction of sp³-hybridized carbons (Fsp3) is 0.421. The third kappa shape index (κ3) is 3.53. The van der Waals surface area contributed by atoms with Crippen molar-refractivity contribution in [3.63, 3.8) is 0 Å². The minimum absolute atomic E-state index is 0.135. The van der Waals surface area contributed by atoms with Gasteiger partial charge in [0.05, 0.1) is 5.52 Å². The average molecular weight is 355 g/mol. The second kappa shape index (κ2) is 6.99. The molecule has 1 N–H and O–H groups in total. The summed E-state index contributed by atoms with van der Waals surface area (Å²) in [7, 11) is 1.97. The van der Waals surface area contributed by atoms with E-state index in [1.165, 1.54) is 12.1 Å². The molecule has 0 amide bonds. The van der Waals surface area contributed by atoms with Crippen molar-refractivity contribution < 1.29 is 4.39 Å². The molecule has 0 aliphatic carbocycles. The Morgan fingerprint density at radius 3 is 2.81 bits per heavy atom. The number of hydrogen-bond acceptors (Lipinski definition) is 4. The van der Waals surface area contributed by atoms with Crippen LogP contribution in [0.25, 0.3) is 10.9 Å². The molecule has 1 fully saturated rings. The Kier molecular flexibility index (Phi) is 4.55. The summed E-state index contributed by atoms with van der Waals surface area (Å²) in [6, 6.07) is 6.36. The van der Waals surface area contributed by atoms with Gasteiger partial charge in [-0.25, -0.2) is 4.39 Å². The van der Waals surface area contributed by atoms with E-state index in [9.17, 15) is 9.18 Å². The Labute approximate surface area is 150 Å². The number of halogens is 1. The van der Waals surface area contributed by atoms with Gasteiger partial charge in [0.25, 0.3) is 5.56 Å². The third-order valence-corrected chi connectivity index (χ3v) is 5.26. The minimum Gasteiger partial charge on any atom is -0.322 e. The van der Waals surface area contributed by atoms with Crippen molar-refractivity contribution in [2.75, 3.05) is 13.1 Å². The van der Waals surface area contributed by atoms with Crippen LogP contribution in [0.15, 0.2) is 35.4 Å². The summed E-state index contributed by atoms with van der Waals surface area (Å²) in [6.07, 6.45) is 4.86. The summed E-state index contributed by atoms with van der Waals surface area (Å²) in [5.74, 6) is 1.29. The molecule has 6 nitrogen and oxygen atoms in total. The number of nitrogens with one attached hydrogen (secondary N) is 1. The number of rotatable bonds is 4. The van der Waals surface area contributed by atoms with Crippen LogP contribution in [0, 0.1) is 11.7 Å². The zero-order chi connectivity index (χ0) is 18.1. The van der Waals surface area contributed by atoms with E-state index in [1.807, 2.05) is 17.7 Å². The lowest BCUT2D eigenvalue weighted by Crippen LogP contribution is -2.35. The van der Waals surface area contributed by atoms with Gasteiger partial charge >= 0.3 is 0 Å². The lowest BCUT2D eigenvalue weighted by atomic mass is 9.93. The van der Waals surface area contributed by atoms with Crippen molar-refractivity contribution in [3.05, 3.63) is 58.2 Å². The van der Waals surface area contributed by atoms with E-state index in [1.54, 1.807) is 12.4 Å². The van der Waals surface area contributed by atoms with Crippen LogP contribution in [0.3, 0.4) is 0 Å². The van der Waals surface area contributed by atoms with Crippen molar-refractivity contribution in [1.29, 1.82) is 0 Å². The number of nitrogens with zero attached hydrogens (tertiary/aromatic N) is 4. The van der Waals surface area contributed by atoms with E-state index in [0.29, 0.717) is 18.0 Å². The fourth-order valence-electron chi connectivity index (χ4n) is 3.68. The van der Waals surface area contributed by atoms with Gasteiger partial charge in [-0.05, 0) is 61.5 Å². The highest BCUT2D eigenvalue weighted by Gasteiger charge is 2.21. The third-order valence-electron chi connectivity index (χ3n) is 5.26. The number of benzene rings is 1. The molecule has 1 aromatic carbocycles. The first-order valence-electron chi connectivity index (χ1n) is 8.95. The number of pyridine rings is 1. The molecular weight excluding hydrogens is 333 g/mol. The molecule has 1 aliphatic rings. The predicted molar refractivity (Wildman–Crippen MR) is 97.2 cm³/mol. The van der Waals surface area contributed by atoms with Gasteiger partial charge in [0, 0.05) is 25.6 Å². The number of likely N-dealkylation sites (tertiary alicyclic amines) is 1. The number of H-pyrrole nitrogens is 1. The van der Waals surface area contributed by atoms with Crippen LogP contribution >= 0.6 is 0 Å². The molecule has 2 aromatic heterocycles. The summed E-state index contributed by atoms with van der Waals surface area (Å²) in [6.45, 7) is 2.55. The quantitative estimate of drug-likeness (QED) is 0.779. The molecular formula is C19H22FN5O. The molecule has 0 spiro atoms. The molecule has 3 heterocycles. The Morgan fingerprint density at radius 1 is 1.27 bits per heavy atom. The normalized spacial score (nSPS) is 16.4. The lowest BCUT2D eigenvalue weighted by molar-refractivity contribution is 0.175. The predicted octanol–water partition coefficient (Wildman–Crippen LogP) is 2.25. The van der Waals surface area contributed by atoms with Crippen molar-refractivity contribution in [2.45, 2.75) is 25.8 Å². The highest BCUT2D eigenvalue weighted by atomic mass is 19.1. The molecule has 136 valence electrons. The van der Waals surface area contributed by atoms with Crippen LogP contribution in [0.2, 0.25) is 0 Å². The summed E-state index contributed by atoms with van der Waals surface area (Å²) in [5, 5.41) is 8.97. The van der Waals surface area contributed by atoms with Crippen molar-refractivity contribution in [2.24, 2.45) is 13.0 Å². The Morgan fingerprint density at radius 2 is 2.08 bits per heavy atom. The largest absolute Gasteiger partial charge is 0.322 e. The van der Waals surface area contributed by atoms with Crippen LogP contribution in [-0.4, -0.2) is 37.7 Å². The Hall–Kier alpha value is -2.54. The Bertz CT molecular complexity index is 971. The van der Waals surface area contributed by atoms with E-state index in [4.69, 9.17) is 0 Å². The first-order valence-corrected chi connectivity index (χ1v) is 8.95. The molecule has 0 bridgehead atoms.